The third-order valence-electron chi connectivity index (χ3n) is 3.83. The molecule has 0 aromatic carbocycles. The summed E-state index contributed by atoms with van der Waals surface area (Å²) in [6, 6.07) is 0.177. The number of ether oxygens (including phenoxy) is 1. The summed E-state index contributed by atoms with van der Waals surface area (Å²) < 4.78 is 5.02. The smallest absolute Gasteiger partial charge is 0.340 e. The molecule has 1 saturated carbocycles. The second kappa shape index (κ2) is 5.69. The Bertz CT molecular complexity index is 529. The summed E-state index contributed by atoms with van der Waals surface area (Å²) >= 11 is 0. The van der Waals surface area contributed by atoms with E-state index in [1.165, 1.54) is 12.8 Å². The van der Waals surface area contributed by atoms with Gasteiger partial charge in [-0.25, -0.2) is 4.79 Å². The lowest BCUT2D eigenvalue weighted by Gasteiger charge is -2.12. The fourth-order valence-corrected chi connectivity index (χ4v) is 2.48. The summed E-state index contributed by atoms with van der Waals surface area (Å²) in [6.45, 7) is 7.66. The quantitative estimate of drug-likeness (QED) is 0.812. The maximum atomic E-state index is 12.3. The van der Waals surface area contributed by atoms with Gasteiger partial charge in [-0.15, -0.1) is 0 Å². The Morgan fingerprint density at radius 2 is 2.05 bits per heavy atom. The summed E-state index contributed by atoms with van der Waals surface area (Å²) in [4.78, 5) is 27.2. The van der Waals surface area contributed by atoms with E-state index in [0.717, 1.165) is 0 Å². The Labute approximate surface area is 119 Å². The topological polar surface area (TPSA) is 71.2 Å². The first-order valence-corrected chi connectivity index (χ1v) is 7.12. The van der Waals surface area contributed by atoms with Crippen LogP contribution in [0.15, 0.2) is 0 Å². The number of rotatable bonds is 5. The lowest BCUT2D eigenvalue weighted by molar-refractivity contribution is 0.0525. The zero-order chi connectivity index (χ0) is 14.9. The molecule has 5 heteroatoms. The van der Waals surface area contributed by atoms with Gasteiger partial charge in [0.15, 0.2) is 0 Å². The number of hydrogen-bond donors (Lipinski definition) is 2. The van der Waals surface area contributed by atoms with Crippen molar-refractivity contribution in [2.24, 2.45) is 5.92 Å². The number of hydrogen-bond acceptors (Lipinski definition) is 3. The second-order valence-electron chi connectivity index (χ2n) is 5.45. The molecule has 2 rings (SSSR count). The normalized spacial score (nSPS) is 15.8. The predicted molar refractivity (Wildman–Crippen MR) is 75.9 cm³/mol. The summed E-state index contributed by atoms with van der Waals surface area (Å²) in [7, 11) is 0. The van der Waals surface area contributed by atoms with Crippen LogP contribution in [-0.4, -0.2) is 29.5 Å². The van der Waals surface area contributed by atoms with Crippen molar-refractivity contribution in [1.29, 1.82) is 0 Å². The second-order valence-corrected chi connectivity index (χ2v) is 5.45. The Morgan fingerprint density at radius 1 is 1.40 bits per heavy atom. The average molecular weight is 278 g/mol. The molecule has 0 unspecified atom stereocenters. The molecular formula is C15H22N2O3. The highest BCUT2D eigenvalue weighted by Gasteiger charge is 2.30. The molecule has 1 aliphatic carbocycles. The van der Waals surface area contributed by atoms with E-state index < -0.39 is 0 Å². The first-order valence-electron chi connectivity index (χ1n) is 7.12. The van der Waals surface area contributed by atoms with Crippen molar-refractivity contribution in [1.82, 2.24) is 10.3 Å². The fourth-order valence-electron chi connectivity index (χ4n) is 2.48. The Morgan fingerprint density at radius 3 is 2.60 bits per heavy atom. The minimum Gasteiger partial charge on any atom is -0.462 e. The van der Waals surface area contributed by atoms with E-state index in [1.807, 2.05) is 6.92 Å². The van der Waals surface area contributed by atoms with Crippen LogP contribution in [0.25, 0.3) is 0 Å². The van der Waals surface area contributed by atoms with Gasteiger partial charge in [0.25, 0.3) is 5.91 Å². The van der Waals surface area contributed by atoms with Gasteiger partial charge in [-0.1, -0.05) is 0 Å². The van der Waals surface area contributed by atoms with Gasteiger partial charge >= 0.3 is 5.97 Å². The number of carbonyl (C=O) groups is 2. The van der Waals surface area contributed by atoms with E-state index in [2.05, 4.69) is 10.3 Å². The van der Waals surface area contributed by atoms with Crippen LogP contribution in [0.3, 0.4) is 0 Å². The van der Waals surface area contributed by atoms with Gasteiger partial charge in [0.2, 0.25) is 0 Å². The van der Waals surface area contributed by atoms with Crippen molar-refractivity contribution in [3.8, 4) is 0 Å². The van der Waals surface area contributed by atoms with Gasteiger partial charge in [0, 0.05) is 11.7 Å². The van der Waals surface area contributed by atoms with Crippen LogP contribution in [0.2, 0.25) is 0 Å². The molecule has 1 heterocycles. The molecular weight excluding hydrogens is 256 g/mol. The van der Waals surface area contributed by atoms with Crippen molar-refractivity contribution in [2.45, 2.75) is 46.6 Å². The van der Waals surface area contributed by atoms with Crippen LogP contribution in [0.4, 0.5) is 0 Å². The highest BCUT2D eigenvalue weighted by atomic mass is 16.5. The first kappa shape index (κ1) is 14.6. The van der Waals surface area contributed by atoms with E-state index in [4.69, 9.17) is 4.74 Å². The Balaban J connectivity index is 2.17. The lowest BCUT2D eigenvalue weighted by Crippen LogP contribution is -2.34. The minimum atomic E-state index is -0.381. The van der Waals surface area contributed by atoms with Crippen molar-refractivity contribution in [2.75, 3.05) is 6.61 Å². The SMILES string of the molecule is CCOC(=O)c1c(C)[nH]c(C(=O)N[C@@H](C)C2CC2)c1C. The van der Waals surface area contributed by atoms with Crippen molar-refractivity contribution in [3.63, 3.8) is 0 Å². The largest absolute Gasteiger partial charge is 0.462 e. The molecule has 0 spiro atoms. The fraction of sp³-hybridized carbons (Fsp3) is 0.600. The maximum absolute atomic E-state index is 12.3. The summed E-state index contributed by atoms with van der Waals surface area (Å²) in [5.74, 6) is 0.0634. The van der Waals surface area contributed by atoms with E-state index >= 15 is 0 Å². The number of aromatic amines is 1. The van der Waals surface area contributed by atoms with Crippen LogP contribution in [0, 0.1) is 19.8 Å². The zero-order valence-corrected chi connectivity index (χ0v) is 12.5. The predicted octanol–water partition coefficient (Wildman–Crippen LogP) is 2.34. The van der Waals surface area contributed by atoms with Gasteiger partial charge in [-0.05, 0) is 52.0 Å². The van der Waals surface area contributed by atoms with E-state index in [-0.39, 0.29) is 17.9 Å². The van der Waals surface area contributed by atoms with E-state index in [9.17, 15) is 9.59 Å². The van der Waals surface area contributed by atoms with Gasteiger partial charge in [0.05, 0.1) is 12.2 Å². The van der Waals surface area contributed by atoms with Crippen LogP contribution < -0.4 is 5.32 Å². The standard InChI is InChI=1S/C15H22N2O3/c1-5-20-15(19)12-8(2)13(16-10(12)4)14(18)17-9(3)11-6-7-11/h9,11,16H,5-7H2,1-4H3,(H,17,18)/t9-/m0/s1. The number of aryl methyl sites for hydroxylation is 1. The molecule has 1 aromatic rings. The highest BCUT2D eigenvalue weighted by Crippen LogP contribution is 2.32. The van der Waals surface area contributed by atoms with Gasteiger partial charge in [-0.2, -0.15) is 0 Å². The average Bonchev–Trinajstić information content (AvgIpc) is 3.16. The molecule has 2 N–H and O–H groups in total. The number of H-pyrrole nitrogens is 1. The molecule has 0 aliphatic heterocycles. The maximum Gasteiger partial charge on any atom is 0.340 e. The Kier molecular flexibility index (Phi) is 4.16. The molecule has 1 amide bonds. The molecule has 5 nitrogen and oxygen atoms in total. The third-order valence-corrected chi connectivity index (χ3v) is 3.83. The summed E-state index contributed by atoms with van der Waals surface area (Å²) in [6.07, 6.45) is 2.36. The zero-order valence-electron chi connectivity index (χ0n) is 12.5. The number of aromatic nitrogens is 1. The summed E-state index contributed by atoms with van der Waals surface area (Å²) in [5.41, 5.74) is 2.25. The molecule has 1 aliphatic rings. The third kappa shape index (κ3) is 2.86. The number of carbonyl (C=O) groups excluding carboxylic acids is 2. The van der Waals surface area contributed by atoms with E-state index in [1.54, 1.807) is 20.8 Å². The molecule has 0 radical (unpaired) electrons. The minimum absolute atomic E-state index is 0.152. The molecule has 20 heavy (non-hydrogen) atoms. The molecule has 1 aromatic heterocycles. The molecule has 0 bridgehead atoms. The van der Waals surface area contributed by atoms with Crippen molar-refractivity contribution < 1.29 is 14.3 Å². The summed E-state index contributed by atoms with van der Waals surface area (Å²) in [5, 5.41) is 2.99. The first-order chi connectivity index (χ1) is 9.45. The Hall–Kier alpha value is -1.78. The van der Waals surface area contributed by atoms with E-state index in [0.29, 0.717) is 35.0 Å². The molecule has 0 saturated heterocycles. The number of nitrogens with one attached hydrogen (secondary N) is 2. The van der Waals surface area contributed by atoms with Crippen molar-refractivity contribution in [3.05, 3.63) is 22.5 Å². The van der Waals surface area contributed by atoms with Gasteiger partial charge in [0.1, 0.15) is 5.69 Å². The molecule has 110 valence electrons. The van der Waals surface area contributed by atoms with Gasteiger partial charge in [-0.3, -0.25) is 4.79 Å². The molecule has 1 fully saturated rings. The van der Waals surface area contributed by atoms with Crippen molar-refractivity contribution >= 4 is 11.9 Å². The highest BCUT2D eigenvalue weighted by molar-refractivity contribution is 6.00. The van der Waals surface area contributed by atoms with Crippen LogP contribution >= 0.6 is 0 Å². The monoisotopic (exact) mass is 278 g/mol. The molecule has 1 atom stereocenters. The van der Waals surface area contributed by atoms with Gasteiger partial charge < -0.3 is 15.0 Å². The van der Waals surface area contributed by atoms with Crippen LogP contribution in [0.1, 0.15) is 58.8 Å². The van der Waals surface area contributed by atoms with Crippen LogP contribution in [0.5, 0.6) is 0 Å². The lowest BCUT2D eigenvalue weighted by atomic mass is 10.1. The van der Waals surface area contributed by atoms with Crippen LogP contribution in [-0.2, 0) is 4.74 Å². The number of amides is 1. The number of esters is 1.